The minimum absolute atomic E-state index is 0.165. The van der Waals surface area contributed by atoms with Crippen molar-refractivity contribution in [3.8, 4) is 0 Å². The van der Waals surface area contributed by atoms with Gasteiger partial charge < -0.3 is 19.7 Å². The lowest BCUT2D eigenvalue weighted by Gasteiger charge is -2.36. The van der Waals surface area contributed by atoms with Gasteiger partial charge in [-0.1, -0.05) is 6.07 Å². The molecule has 1 saturated carbocycles. The Morgan fingerprint density at radius 3 is 2.48 bits per heavy atom. The smallest absolute Gasteiger partial charge is 0.338 e. The number of hydrogen-bond acceptors (Lipinski definition) is 6. The first kappa shape index (κ1) is 20.2. The molecular weight excluding hydrogens is 396 g/mol. The van der Waals surface area contributed by atoms with Crippen molar-refractivity contribution < 1.29 is 23.9 Å². The van der Waals surface area contributed by atoms with Crippen LogP contribution < -0.4 is 5.32 Å². The van der Waals surface area contributed by atoms with Gasteiger partial charge in [0.1, 0.15) is 13.2 Å². The Kier molecular flexibility index (Phi) is 4.88. The van der Waals surface area contributed by atoms with Crippen LogP contribution >= 0.6 is 0 Å². The lowest BCUT2D eigenvalue weighted by molar-refractivity contribution is -0.138. The number of esters is 2. The number of amides is 1. The zero-order valence-electron chi connectivity index (χ0n) is 18.1. The third-order valence-electron chi connectivity index (χ3n) is 7.72. The largest absolute Gasteiger partial charge is 0.457 e. The fourth-order valence-corrected chi connectivity index (χ4v) is 5.51. The highest BCUT2D eigenvalue weighted by molar-refractivity contribution is 5.94. The average Bonchev–Trinajstić information content (AvgIpc) is 3.41. The summed E-state index contributed by atoms with van der Waals surface area (Å²) in [6, 6.07) is 4.25. The van der Waals surface area contributed by atoms with E-state index in [1.54, 1.807) is 11.8 Å². The van der Waals surface area contributed by atoms with Crippen LogP contribution in [0, 0.1) is 12.3 Å². The normalized spacial score (nSPS) is 27.9. The molecule has 1 amide bonds. The quantitative estimate of drug-likeness (QED) is 0.749. The summed E-state index contributed by atoms with van der Waals surface area (Å²) in [7, 11) is 0. The van der Waals surface area contributed by atoms with Gasteiger partial charge in [-0.25, -0.2) is 9.59 Å². The molecule has 7 nitrogen and oxygen atoms in total. The lowest BCUT2D eigenvalue weighted by Crippen LogP contribution is -2.42. The molecule has 3 aliphatic heterocycles. The maximum absolute atomic E-state index is 13.3. The molecule has 164 valence electrons. The first-order valence-electron chi connectivity index (χ1n) is 11.1. The summed E-state index contributed by atoms with van der Waals surface area (Å²) in [5.41, 5.74) is 5.03. The molecule has 1 aromatic carbocycles. The highest BCUT2D eigenvalue weighted by atomic mass is 16.5. The molecule has 0 radical (unpaired) electrons. The second-order valence-corrected chi connectivity index (χ2v) is 9.24. The van der Waals surface area contributed by atoms with E-state index in [1.165, 1.54) is 5.56 Å². The third-order valence-corrected chi connectivity index (χ3v) is 7.72. The molecule has 1 spiro atoms. The SMILES string of the molecule is CC1=C(N2CC[C@]3(CC[C@H](NCc4ccc5c(c4C)COC5=O)CC3)C2=O)COC1=O. The molecule has 1 aliphatic carbocycles. The van der Waals surface area contributed by atoms with Crippen LogP contribution in [0.3, 0.4) is 0 Å². The number of carbonyl (C=O) groups excluding carboxylic acids is 3. The summed E-state index contributed by atoms with van der Waals surface area (Å²) in [5, 5.41) is 3.66. The molecule has 31 heavy (non-hydrogen) atoms. The number of hydrogen-bond donors (Lipinski definition) is 1. The summed E-state index contributed by atoms with van der Waals surface area (Å²) in [4.78, 5) is 38.5. The molecule has 3 heterocycles. The lowest BCUT2D eigenvalue weighted by atomic mass is 9.71. The van der Waals surface area contributed by atoms with E-state index in [4.69, 9.17) is 9.47 Å². The number of rotatable bonds is 4. The molecule has 4 aliphatic rings. The van der Waals surface area contributed by atoms with Crippen LogP contribution in [0.25, 0.3) is 0 Å². The fraction of sp³-hybridized carbons (Fsp3) is 0.542. The number of nitrogens with one attached hydrogen (secondary N) is 1. The van der Waals surface area contributed by atoms with E-state index in [1.807, 2.05) is 19.1 Å². The number of fused-ring (bicyclic) bond motifs is 1. The Labute approximate surface area is 181 Å². The van der Waals surface area contributed by atoms with E-state index in [2.05, 4.69) is 5.32 Å². The number of benzene rings is 1. The number of carbonyl (C=O) groups is 3. The van der Waals surface area contributed by atoms with Crippen LogP contribution in [0.2, 0.25) is 0 Å². The zero-order chi connectivity index (χ0) is 21.8. The minimum atomic E-state index is -0.311. The van der Waals surface area contributed by atoms with Crippen LogP contribution in [-0.4, -0.2) is 41.9 Å². The molecule has 0 atom stereocenters. The van der Waals surface area contributed by atoms with E-state index in [-0.39, 0.29) is 29.9 Å². The monoisotopic (exact) mass is 424 g/mol. The molecule has 1 N–H and O–H groups in total. The van der Waals surface area contributed by atoms with E-state index in [0.717, 1.165) is 55.5 Å². The molecular formula is C24H28N2O5. The van der Waals surface area contributed by atoms with E-state index in [9.17, 15) is 14.4 Å². The number of cyclic esters (lactones) is 2. The molecule has 5 rings (SSSR count). The predicted molar refractivity (Wildman–Crippen MR) is 112 cm³/mol. The fourth-order valence-electron chi connectivity index (χ4n) is 5.51. The molecule has 0 aromatic heterocycles. The van der Waals surface area contributed by atoms with Gasteiger partial charge in [-0.2, -0.15) is 0 Å². The second-order valence-electron chi connectivity index (χ2n) is 9.24. The van der Waals surface area contributed by atoms with Crippen molar-refractivity contribution in [2.75, 3.05) is 13.2 Å². The van der Waals surface area contributed by atoms with Gasteiger partial charge in [0, 0.05) is 24.7 Å². The topological polar surface area (TPSA) is 84.9 Å². The van der Waals surface area contributed by atoms with E-state index >= 15 is 0 Å². The maximum atomic E-state index is 13.3. The van der Waals surface area contributed by atoms with Crippen molar-refractivity contribution in [1.29, 1.82) is 0 Å². The second kappa shape index (κ2) is 7.48. The highest BCUT2D eigenvalue weighted by Crippen LogP contribution is 2.46. The molecule has 1 saturated heterocycles. The Balaban J connectivity index is 1.20. The molecule has 2 fully saturated rings. The molecule has 7 heteroatoms. The summed E-state index contributed by atoms with van der Waals surface area (Å²) in [6.45, 7) is 5.80. The van der Waals surface area contributed by atoms with Crippen molar-refractivity contribution in [3.05, 3.63) is 45.7 Å². The first-order valence-corrected chi connectivity index (χ1v) is 11.1. The zero-order valence-corrected chi connectivity index (χ0v) is 18.1. The van der Waals surface area contributed by atoms with Gasteiger partial charge in [-0.15, -0.1) is 0 Å². The van der Waals surface area contributed by atoms with Crippen molar-refractivity contribution in [1.82, 2.24) is 10.2 Å². The van der Waals surface area contributed by atoms with Gasteiger partial charge in [0.15, 0.2) is 0 Å². The first-order chi connectivity index (χ1) is 14.9. The van der Waals surface area contributed by atoms with Crippen molar-refractivity contribution >= 4 is 17.8 Å². The summed E-state index contributed by atoms with van der Waals surface area (Å²) in [5.74, 6) is -0.378. The van der Waals surface area contributed by atoms with Gasteiger partial charge in [0.2, 0.25) is 5.91 Å². The average molecular weight is 424 g/mol. The Morgan fingerprint density at radius 1 is 1.03 bits per heavy atom. The number of nitrogens with zero attached hydrogens (tertiary/aromatic N) is 1. The van der Waals surface area contributed by atoms with Gasteiger partial charge in [0.25, 0.3) is 0 Å². The number of ether oxygens (including phenoxy) is 2. The standard InChI is InChI=1S/C24H28N2O5/c1-14-16(3-4-18-19(14)12-30-22(18)28)11-25-17-5-7-24(8-6-17)9-10-26(23(24)29)20-13-31-21(27)15(20)2/h3-4,17,25H,5-13H2,1-2H3/t17-,24+. The van der Waals surface area contributed by atoms with Crippen molar-refractivity contribution in [2.45, 2.75) is 65.1 Å². The molecule has 1 aromatic rings. The van der Waals surface area contributed by atoms with Crippen LogP contribution in [0.5, 0.6) is 0 Å². The van der Waals surface area contributed by atoms with Gasteiger partial charge in [-0.05, 0) is 63.1 Å². The van der Waals surface area contributed by atoms with E-state index in [0.29, 0.717) is 30.3 Å². The van der Waals surface area contributed by atoms with Crippen molar-refractivity contribution in [3.63, 3.8) is 0 Å². The van der Waals surface area contributed by atoms with Crippen LogP contribution in [0.15, 0.2) is 23.4 Å². The third kappa shape index (κ3) is 3.26. The summed E-state index contributed by atoms with van der Waals surface area (Å²) < 4.78 is 10.3. The van der Waals surface area contributed by atoms with Crippen LogP contribution in [0.1, 0.15) is 66.1 Å². The maximum Gasteiger partial charge on any atom is 0.338 e. The van der Waals surface area contributed by atoms with Gasteiger partial charge in [0.05, 0.1) is 22.2 Å². The number of likely N-dealkylation sites (tertiary alicyclic amines) is 1. The Hall–Kier alpha value is -2.67. The Morgan fingerprint density at radius 2 is 1.77 bits per heavy atom. The van der Waals surface area contributed by atoms with Crippen molar-refractivity contribution in [2.24, 2.45) is 5.41 Å². The summed E-state index contributed by atoms with van der Waals surface area (Å²) in [6.07, 6.45) is 4.50. The minimum Gasteiger partial charge on any atom is -0.457 e. The predicted octanol–water partition coefficient (Wildman–Crippen LogP) is 2.75. The van der Waals surface area contributed by atoms with Gasteiger partial charge in [-0.3, -0.25) is 4.79 Å². The summed E-state index contributed by atoms with van der Waals surface area (Å²) >= 11 is 0. The highest BCUT2D eigenvalue weighted by Gasteiger charge is 2.50. The van der Waals surface area contributed by atoms with Crippen LogP contribution in [0.4, 0.5) is 0 Å². The van der Waals surface area contributed by atoms with Gasteiger partial charge >= 0.3 is 11.9 Å². The van der Waals surface area contributed by atoms with Crippen LogP contribution in [-0.2, 0) is 32.2 Å². The molecule has 0 unspecified atom stereocenters. The Bertz CT molecular complexity index is 1000. The van der Waals surface area contributed by atoms with E-state index < -0.39 is 0 Å². The molecule has 0 bridgehead atoms.